The average Bonchev–Trinajstić information content (AvgIpc) is 2.70. The fraction of sp³-hybridized carbons (Fsp3) is 0.350. The lowest BCUT2D eigenvalue weighted by molar-refractivity contribution is -0.133. The van der Waals surface area contributed by atoms with Gasteiger partial charge in [-0.15, -0.1) is 0 Å². The third-order valence-electron chi connectivity index (χ3n) is 4.85. The number of carbonyl (C=O) groups excluding carboxylic acids is 1. The average molecular weight is 423 g/mol. The number of sulfonamides is 1. The van der Waals surface area contributed by atoms with Gasteiger partial charge < -0.3 is 4.90 Å². The molecule has 1 aliphatic rings. The Hall–Kier alpha value is -2.36. The molecule has 0 atom stereocenters. The highest BCUT2D eigenvalue weighted by molar-refractivity contribution is 7.89. The first-order valence-corrected chi connectivity index (χ1v) is 10.7. The first-order chi connectivity index (χ1) is 13.8. The fourth-order valence-corrected chi connectivity index (χ4v) is 4.76. The molecule has 1 saturated heterocycles. The van der Waals surface area contributed by atoms with Gasteiger partial charge in [0, 0.05) is 38.3 Å². The first kappa shape index (κ1) is 21.4. The Morgan fingerprint density at radius 2 is 1.55 bits per heavy atom. The topological polar surface area (TPSA) is 60.9 Å². The van der Waals surface area contributed by atoms with Crippen molar-refractivity contribution in [2.75, 3.05) is 39.8 Å². The van der Waals surface area contributed by atoms with E-state index in [2.05, 4.69) is 0 Å². The third-order valence-corrected chi connectivity index (χ3v) is 6.78. The minimum Gasteiger partial charge on any atom is -0.339 e. The van der Waals surface area contributed by atoms with Crippen LogP contribution in [0.2, 0.25) is 0 Å². The Morgan fingerprint density at radius 1 is 0.966 bits per heavy atom. The molecule has 6 nitrogen and oxygen atoms in total. The number of hydrogen-bond acceptors (Lipinski definition) is 4. The van der Waals surface area contributed by atoms with Crippen molar-refractivity contribution in [3.63, 3.8) is 0 Å². The molecule has 0 unspecified atom stereocenters. The van der Waals surface area contributed by atoms with Crippen LogP contribution in [0.15, 0.2) is 53.4 Å². The molecule has 0 radical (unpaired) electrons. The lowest BCUT2D eigenvalue weighted by Crippen LogP contribution is -2.52. The summed E-state index contributed by atoms with van der Waals surface area (Å²) in [6, 6.07) is 11.6. The number of rotatable bonds is 6. The van der Waals surface area contributed by atoms with E-state index in [4.69, 9.17) is 0 Å². The van der Waals surface area contributed by atoms with Crippen LogP contribution in [-0.4, -0.2) is 68.2 Å². The summed E-state index contributed by atoms with van der Waals surface area (Å²) < 4.78 is 54.1. The molecule has 0 aromatic heterocycles. The monoisotopic (exact) mass is 423 g/mol. The van der Waals surface area contributed by atoms with Gasteiger partial charge in [0.2, 0.25) is 15.9 Å². The van der Waals surface area contributed by atoms with Crippen LogP contribution < -0.4 is 0 Å². The summed E-state index contributed by atoms with van der Waals surface area (Å²) in [7, 11) is -2.22. The Bertz CT molecular complexity index is 976. The Labute approximate surface area is 169 Å². The Morgan fingerprint density at radius 3 is 2.17 bits per heavy atom. The Kier molecular flexibility index (Phi) is 6.61. The number of piperazine rings is 1. The van der Waals surface area contributed by atoms with Gasteiger partial charge in [-0.25, -0.2) is 17.2 Å². The van der Waals surface area contributed by atoms with Crippen LogP contribution in [0.5, 0.6) is 0 Å². The predicted molar refractivity (Wildman–Crippen MR) is 104 cm³/mol. The molecule has 156 valence electrons. The summed E-state index contributed by atoms with van der Waals surface area (Å²) in [6.45, 7) is 1.02. The van der Waals surface area contributed by atoms with Crippen LogP contribution in [0.1, 0.15) is 5.56 Å². The molecule has 0 N–H and O–H groups in total. The number of nitrogens with zero attached hydrogens (tertiary/aromatic N) is 3. The molecule has 1 fully saturated rings. The highest BCUT2D eigenvalue weighted by Crippen LogP contribution is 2.20. The van der Waals surface area contributed by atoms with Gasteiger partial charge >= 0.3 is 0 Å². The molecule has 0 saturated carbocycles. The van der Waals surface area contributed by atoms with E-state index in [1.54, 1.807) is 35.0 Å². The predicted octanol–water partition coefficient (Wildman–Crippen LogP) is 1.93. The van der Waals surface area contributed by atoms with Crippen molar-refractivity contribution >= 4 is 15.9 Å². The lowest BCUT2D eigenvalue weighted by Gasteiger charge is -2.34. The van der Waals surface area contributed by atoms with Gasteiger partial charge in [-0.1, -0.05) is 30.3 Å². The zero-order valence-corrected chi connectivity index (χ0v) is 16.9. The first-order valence-electron chi connectivity index (χ1n) is 9.23. The van der Waals surface area contributed by atoms with E-state index >= 15 is 0 Å². The highest BCUT2D eigenvalue weighted by Gasteiger charge is 2.31. The van der Waals surface area contributed by atoms with Crippen molar-refractivity contribution in [2.24, 2.45) is 0 Å². The summed E-state index contributed by atoms with van der Waals surface area (Å²) >= 11 is 0. The van der Waals surface area contributed by atoms with Crippen molar-refractivity contribution in [3.05, 3.63) is 65.7 Å². The van der Waals surface area contributed by atoms with Crippen molar-refractivity contribution in [2.45, 2.75) is 11.4 Å². The molecule has 2 aromatic carbocycles. The summed E-state index contributed by atoms with van der Waals surface area (Å²) in [5.41, 5.74) is 0.503. The molecule has 9 heteroatoms. The van der Waals surface area contributed by atoms with E-state index in [9.17, 15) is 22.0 Å². The van der Waals surface area contributed by atoms with Crippen molar-refractivity contribution in [1.29, 1.82) is 0 Å². The van der Waals surface area contributed by atoms with Gasteiger partial charge in [-0.2, -0.15) is 4.31 Å². The van der Waals surface area contributed by atoms with Gasteiger partial charge in [0.1, 0.15) is 16.5 Å². The van der Waals surface area contributed by atoms with E-state index in [1.807, 2.05) is 0 Å². The molecule has 2 aromatic rings. The molecule has 0 bridgehead atoms. The zero-order chi connectivity index (χ0) is 21.0. The fourth-order valence-electron chi connectivity index (χ4n) is 3.28. The minimum absolute atomic E-state index is 0.0917. The summed E-state index contributed by atoms with van der Waals surface area (Å²) in [5.74, 6) is -1.27. The van der Waals surface area contributed by atoms with Gasteiger partial charge in [-0.05, 0) is 25.2 Å². The third kappa shape index (κ3) is 4.98. The molecule has 1 heterocycles. The summed E-state index contributed by atoms with van der Waals surface area (Å²) in [6.07, 6.45) is 0. The number of hydrogen-bond donors (Lipinski definition) is 0. The molecular formula is C20H23F2N3O3S. The number of halogens is 2. The van der Waals surface area contributed by atoms with Crippen LogP contribution in [0.3, 0.4) is 0 Å². The van der Waals surface area contributed by atoms with Gasteiger partial charge in [0.15, 0.2) is 0 Å². The van der Waals surface area contributed by atoms with Crippen LogP contribution in [0.4, 0.5) is 8.78 Å². The van der Waals surface area contributed by atoms with Crippen LogP contribution in [-0.2, 0) is 21.4 Å². The second kappa shape index (κ2) is 8.98. The second-order valence-electron chi connectivity index (χ2n) is 6.98. The normalized spacial score (nSPS) is 15.7. The minimum atomic E-state index is -3.94. The number of amides is 1. The largest absolute Gasteiger partial charge is 0.339 e. The van der Waals surface area contributed by atoms with Gasteiger partial charge in [0.05, 0.1) is 6.54 Å². The SMILES string of the molecule is CN(CC(=O)N1CCN(S(=O)(=O)c2ccccc2F)CC1)Cc1ccccc1F. The molecule has 1 amide bonds. The van der Waals surface area contributed by atoms with E-state index in [1.165, 1.54) is 28.6 Å². The van der Waals surface area contributed by atoms with Gasteiger partial charge in [-0.3, -0.25) is 9.69 Å². The second-order valence-corrected chi connectivity index (χ2v) is 8.89. The zero-order valence-electron chi connectivity index (χ0n) is 16.1. The van der Waals surface area contributed by atoms with Crippen LogP contribution >= 0.6 is 0 Å². The summed E-state index contributed by atoms with van der Waals surface area (Å²) in [5, 5.41) is 0. The van der Waals surface area contributed by atoms with Crippen LogP contribution in [0, 0.1) is 11.6 Å². The van der Waals surface area contributed by atoms with E-state index < -0.39 is 15.8 Å². The number of likely N-dealkylation sites (N-methyl/N-ethyl adjacent to an activating group) is 1. The van der Waals surface area contributed by atoms with E-state index in [-0.39, 0.29) is 49.3 Å². The molecule has 3 rings (SSSR count). The smallest absolute Gasteiger partial charge is 0.246 e. The van der Waals surface area contributed by atoms with E-state index in [0.717, 1.165) is 6.07 Å². The quantitative estimate of drug-likeness (QED) is 0.713. The number of benzene rings is 2. The maximum Gasteiger partial charge on any atom is 0.246 e. The van der Waals surface area contributed by atoms with E-state index in [0.29, 0.717) is 12.1 Å². The maximum atomic E-state index is 13.9. The van der Waals surface area contributed by atoms with Crippen LogP contribution in [0.25, 0.3) is 0 Å². The van der Waals surface area contributed by atoms with Gasteiger partial charge in [0.25, 0.3) is 0 Å². The van der Waals surface area contributed by atoms with Crippen molar-refractivity contribution in [3.8, 4) is 0 Å². The molecule has 0 aliphatic carbocycles. The molecule has 1 aliphatic heterocycles. The molecule has 0 spiro atoms. The van der Waals surface area contributed by atoms with Crippen molar-refractivity contribution in [1.82, 2.24) is 14.1 Å². The molecular weight excluding hydrogens is 400 g/mol. The summed E-state index contributed by atoms with van der Waals surface area (Å²) in [4.78, 5) is 15.5. The lowest BCUT2D eigenvalue weighted by atomic mass is 10.2. The standard InChI is InChI=1S/C20H23F2N3O3S/c1-23(14-16-6-2-3-7-17(16)21)15-20(26)24-10-12-25(13-11-24)29(27,28)19-9-5-4-8-18(19)22/h2-9H,10-15H2,1H3. The maximum absolute atomic E-state index is 13.9. The number of carbonyl (C=O) groups is 1. The van der Waals surface area contributed by atoms with Crippen molar-refractivity contribution < 1.29 is 22.0 Å². The Balaban J connectivity index is 1.55. The molecule has 29 heavy (non-hydrogen) atoms. The highest BCUT2D eigenvalue weighted by atomic mass is 32.2.